The number of hydrogen-bond acceptors (Lipinski definition) is 3. The van der Waals surface area contributed by atoms with E-state index >= 15 is 0 Å². The van der Waals surface area contributed by atoms with Crippen LogP contribution in [0.25, 0.3) is 0 Å². The lowest BCUT2D eigenvalue weighted by Gasteiger charge is -2.19. The van der Waals surface area contributed by atoms with Gasteiger partial charge in [0.1, 0.15) is 6.04 Å². The number of carboxylic acid groups (broad SMARTS) is 1. The molecule has 0 aromatic rings. The average Bonchev–Trinajstić information content (AvgIpc) is 2.48. The molecule has 0 fully saturated rings. The standard InChI is InChI=1S/C7H12NO5P/c8-6(7(9)10)4-2-1-3-5(4)14(11,12)13/h3-4,6H,1-2,8H2,(H,9,10)(H2,11,12,13). The first kappa shape index (κ1) is 11.4. The molecule has 0 amide bonds. The van der Waals surface area contributed by atoms with Crippen molar-refractivity contribution in [1.29, 1.82) is 0 Å². The summed E-state index contributed by atoms with van der Waals surface area (Å²) in [6.07, 6.45) is 2.23. The van der Waals surface area contributed by atoms with Crippen LogP contribution in [0.3, 0.4) is 0 Å². The Bertz CT molecular complexity index is 320. The molecule has 0 saturated carbocycles. The Morgan fingerprint density at radius 3 is 2.64 bits per heavy atom. The van der Waals surface area contributed by atoms with E-state index in [2.05, 4.69) is 0 Å². The summed E-state index contributed by atoms with van der Waals surface area (Å²) in [5.74, 6) is -1.98. The topological polar surface area (TPSA) is 121 Å². The van der Waals surface area contributed by atoms with E-state index < -0.39 is 25.5 Å². The summed E-state index contributed by atoms with van der Waals surface area (Å²) < 4.78 is 10.9. The highest BCUT2D eigenvalue weighted by atomic mass is 31.2. The summed E-state index contributed by atoms with van der Waals surface area (Å²) in [4.78, 5) is 28.4. The highest BCUT2D eigenvalue weighted by Gasteiger charge is 2.38. The van der Waals surface area contributed by atoms with Crippen molar-refractivity contribution < 1.29 is 24.3 Å². The van der Waals surface area contributed by atoms with E-state index in [1.54, 1.807) is 0 Å². The summed E-state index contributed by atoms with van der Waals surface area (Å²) >= 11 is 0. The molecule has 7 heteroatoms. The van der Waals surface area contributed by atoms with Gasteiger partial charge in [-0.05, 0) is 12.8 Å². The van der Waals surface area contributed by atoms with Crippen molar-refractivity contribution in [2.75, 3.05) is 0 Å². The molecule has 1 aliphatic rings. The minimum absolute atomic E-state index is 0.132. The first-order chi connectivity index (χ1) is 6.34. The van der Waals surface area contributed by atoms with Crippen LogP contribution < -0.4 is 5.73 Å². The molecular weight excluding hydrogens is 209 g/mol. The number of carbonyl (C=O) groups is 1. The molecule has 0 aromatic carbocycles. The van der Waals surface area contributed by atoms with Gasteiger partial charge >= 0.3 is 13.6 Å². The van der Waals surface area contributed by atoms with Crippen LogP contribution in [0.5, 0.6) is 0 Å². The fraction of sp³-hybridized carbons (Fsp3) is 0.571. The highest BCUT2D eigenvalue weighted by Crippen LogP contribution is 2.53. The molecule has 0 bridgehead atoms. The lowest BCUT2D eigenvalue weighted by Crippen LogP contribution is -2.37. The van der Waals surface area contributed by atoms with Crippen LogP contribution >= 0.6 is 7.60 Å². The second-order valence-corrected chi connectivity index (χ2v) is 4.83. The van der Waals surface area contributed by atoms with Crippen LogP contribution in [0.15, 0.2) is 11.4 Å². The van der Waals surface area contributed by atoms with Gasteiger partial charge in [0, 0.05) is 11.2 Å². The van der Waals surface area contributed by atoms with Gasteiger partial charge in [-0.25, -0.2) is 0 Å². The molecule has 6 nitrogen and oxygen atoms in total. The number of allylic oxidation sites excluding steroid dienone is 1. The van der Waals surface area contributed by atoms with E-state index in [4.69, 9.17) is 20.6 Å². The van der Waals surface area contributed by atoms with E-state index in [9.17, 15) is 9.36 Å². The zero-order valence-corrected chi connectivity index (χ0v) is 8.22. The maximum absolute atomic E-state index is 10.9. The van der Waals surface area contributed by atoms with Gasteiger partial charge in [0.25, 0.3) is 0 Å². The average molecular weight is 221 g/mol. The predicted molar refractivity (Wildman–Crippen MR) is 48.5 cm³/mol. The predicted octanol–water partition coefficient (Wildman–Crippen LogP) is -0.130. The fourth-order valence-corrected chi connectivity index (χ4v) is 2.67. The monoisotopic (exact) mass is 221 g/mol. The number of hydrogen-bond donors (Lipinski definition) is 4. The van der Waals surface area contributed by atoms with Gasteiger partial charge in [0.05, 0.1) is 0 Å². The van der Waals surface area contributed by atoms with Gasteiger partial charge in [0.2, 0.25) is 0 Å². The first-order valence-corrected chi connectivity index (χ1v) is 5.70. The van der Waals surface area contributed by atoms with Gasteiger partial charge < -0.3 is 20.6 Å². The molecule has 2 atom stereocenters. The Hall–Kier alpha value is -0.680. The zero-order valence-electron chi connectivity index (χ0n) is 7.33. The molecule has 1 aliphatic carbocycles. The summed E-state index contributed by atoms with van der Waals surface area (Å²) in [7, 11) is -4.35. The number of nitrogens with two attached hydrogens (primary N) is 1. The second kappa shape index (κ2) is 3.82. The van der Waals surface area contributed by atoms with Crippen molar-refractivity contribution in [2.24, 2.45) is 11.7 Å². The smallest absolute Gasteiger partial charge is 0.352 e. The van der Waals surface area contributed by atoms with E-state index in [1.807, 2.05) is 0 Å². The molecule has 1 rings (SSSR count). The minimum atomic E-state index is -4.35. The Kier molecular flexibility index (Phi) is 3.11. The van der Waals surface area contributed by atoms with Gasteiger partial charge in [-0.1, -0.05) is 6.08 Å². The maximum atomic E-state index is 10.9. The van der Waals surface area contributed by atoms with Crippen LogP contribution in [0.2, 0.25) is 0 Å². The summed E-state index contributed by atoms with van der Waals surface area (Å²) in [5, 5.41) is 8.49. The molecule has 0 saturated heterocycles. The van der Waals surface area contributed by atoms with Gasteiger partial charge in [-0.15, -0.1) is 0 Å². The maximum Gasteiger partial charge on any atom is 0.352 e. The largest absolute Gasteiger partial charge is 0.480 e. The molecule has 0 heterocycles. The Morgan fingerprint density at radius 2 is 2.21 bits per heavy atom. The first-order valence-electron chi connectivity index (χ1n) is 4.08. The Labute approximate surface area is 80.6 Å². The third-order valence-electron chi connectivity index (χ3n) is 2.27. The zero-order chi connectivity index (χ0) is 10.9. The van der Waals surface area contributed by atoms with Crippen molar-refractivity contribution in [3.05, 3.63) is 11.4 Å². The summed E-state index contributed by atoms with van der Waals surface area (Å²) in [6.45, 7) is 0. The molecule has 0 radical (unpaired) electrons. The third kappa shape index (κ3) is 2.22. The SMILES string of the molecule is NC(C(=O)O)C1CCC=C1P(=O)(O)O. The molecule has 0 spiro atoms. The van der Waals surface area contributed by atoms with Crippen LogP contribution in [0.1, 0.15) is 12.8 Å². The lowest BCUT2D eigenvalue weighted by molar-refractivity contribution is -0.139. The van der Waals surface area contributed by atoms with Gasteiger partial charge in [0.15, 0.2) is 0 Å². The molecule has 14 heavy (non-hydrogen) atoms. The van der Waals surface area contributed by atoms with Crippen LogP contribution in [-0.4, -0.2) is 26.9 Å². The highest BCUT2D eigenvalue weighted by molar-refractivity contribution is 7.56. The molecular formula is C7H12NO5P. The number of rotatable bonds is 3. The summed E-state index contributed by atoms with van der Waals surface area (Å²) in [6, 6.07) is -1.24. The van der Waals surface area contributed by atoms with E-state index in [-0.39, 0.29) is 5.31 Å². The lowest BCUT2D eigenvalue weighted by atomic mass is 10.0. The fourth-order valence-electron chi connectivity index (χ4n) is 1.58. The van der Waals surface area contributed by atoms with Crippen molar-refractivity contribution >= 4 is 13.6 Å². The van der Waals surface area contributed by atoms with Crippen molar-refractivity contribution in [3.63, 3.8) is 0 Å². The molecule has 80 valence electrons. The van der Waals surface area contributed by atoms with Crippen LogP contribution in [-0.2, 0) is 9.36 Å². The summed E-state index contributed by atoms with van der Waals surface area (Å²) in [5.41, 5.74) is 5.33. The third-order valence-corrected chi connectivity index (χ3v) is 3.45. The Morgan fingerprint density at radius 1 is 1.64 bits per heavy atom. The normalized spacial score (nSPS) is 24.5. The van der Waals surface area contributed by atoms with Crippen molar-refractivity contribution in [3.8, 4) is 0 Å². The molecule has 2 unspecified atom stereocenters. The quantitative estimate of drug-likeness (QED) is 0.492. The van der Waals surface area contributed by atoms with Gasteiger partial charge in [-0.3, -0.25) is 9.36 Å². The molecule has 5 N–H and O–H groups in total. The van der Waals surface area contributed by atoms with Crippen molar-refractivity contribution in [2.45, 2.75) is 18.9 Å². The molecule has 0 aromatic heterocycles. The van der Waals surface area contributed by atoms with Crippen LogP contribution in [0, 0.1) is 5.92 Å². The van der Waals surface area contributed by atoms with Gasteiger partial charge in [-0.2, -0.15) is 0 Å². The minimum Gasteiger partial charge on any atom is -0.480 e. The second-order valence-electron chi connectivity index (χ2n) is 3.22. The van der Waals surface area contributed by atoms with E-state index in [0.29, 0.717) is 12.8 Å². The van der Waals surface area contributed by atoms with E-state index in [1.165, 1.54) is 6.08 Å². The number of carboxylic acids is 1. The van der Waals surface area contributed by atoms with E-state index in [0.717, 1.165) is 0 Å². The molecule has 0 aliphatic heterocycles. The number of aliphatic carboxylic acids is 1. The van der Waals surface area contributed by atoms with Crippen molar-refractivity contribution in [1.82, 2.24) is 0 Å². The van der Waals surface area contributed by atoms with Crippen LogP contribution in [0.4, 0.5) is 0 Å². The Balaban J connectivity index is 2.88.